The zero-order chi connectivity index (χ0) is 27.6. The van der Waals surface area contributed by atoms with Gasteiger partial charge in [-0.15, -0.1) is 10.2 Å². The minimum atomic E-state index is -0.581. The normalized spacial score (nSPS) is 15.6. The van der Waals surface area contributed by atoms with E-state index in [0.29, 0.717) is 13.2 Å². The summed E-state index contributed by atoms with van der Waals surface area (Å²) in [7, 11) is 1.65. The largest absolute Gasteiger partial charge is 0.490 e. The first-order valence-electron chi connectivity index (χ1n) is 13.6. The Morgan fingerprint density at radius 2 is 1.50 bits per heavy atom. The Labute approximate surface area is 240 Å². The van der Waals surface area contributed by atoms with Gasteiger partial charge in [0.1, 0.15) is 28.5 Å². The molecule has 0 saturated carbocycles. The molecule has 1 aliphatic rings. The Hall–Kier alpha value is -3.40. The number of aliphatic hydroxyl groups is 1. The smallest absolute Gasteiger partial charge is 0.143 e. The summed E-state index contributed by atoms with van der Waals surface area (Å²) in [4.78, 5) is 4.87. The first-order valence-corrected chi connectivity index (χ1v) is 14.5. The molecule has 1 aliphatic heterocycles. The van der Waals surface area contributed by atoms with Gasteiger partial charge in [0.25, 0.3) is 0 Å². The van der Waals surface area contributed by atoms with Crippen LogP contribution in [-0.4, -0.2) is 77.6 Å². The van der Waals surface area contributed by atoms with Gasteiger partial charge in [-0.2, -0.15) is 0 Å². The molecule has 0 radical (unpaired) electrons. The summed E-state index contributed by atoms with van der Waals surface area (Å²) in [5, 5.41) is 20.8. The summed E-state index contributed by atoms with van der Waals surface area (Å²) in [6.45, 7) is 4.96. The van der Waals surface area contributed by atoms with Crippen LogP contribution in [0.3, 0.4) is 0 Å². The summed E-state index contributed by atoms with van der Waals surface area (Å²) in [6, 6.07) is 29.5. The summed E-state index contributed by atoms with van der Waals surface area (Å²) >= 11 is 1.50. The first-order chi connectivity index (χ1) is 19.7. The number of hydrogen-bond donors (Lipinski definition) is 1. The third-order valence-corrected chi connectivity index (χ3v) is 7.84. The van der Waals surface area contributed by atoms with Crippen LogP contribution in [0.5, 0.6) is 5.75 Å². The Bertz CT molecular complexity index is 1300. The fraction of sp³-hybridized carbons (Fsp3) is 0.312. The third-order valence-electron chi connectivity index (χ3n) is 6.98. The van der Waals surface area contributed by atoms with Crippen molar-refractivity contribution in [3.63, 3.8) is 0 Å². The molecule has 40 heavy (non-hydrogen) atoms. The highest BCUT2D eigenvalue weighted by atomic mass is 32.1. The number of para-hydroxylation sites is 1. The van der Waals surface area contributed by atoms with Crippen LogP contribution in [0.4, 0.5) is 0 Å². The topological polar surface area (TPSA) is 71.0 Å². The monoisotopic (exact) mass is 556 g/mol. The molecule has 0 bridgehead atoms. The maximum atomic E-state index is 10.8. The van der Waals surface area contributed by atoms with Crippen LogP contribution in [-0.2, 0) is 11.3 Å². The van der Waals surface area contributed by atoms with Gasteiger partial charge in [0.15, 0.2) is 0 Å². The molecule has 3 aromatic carbocycles. The van der Waals surface area contributed by atoms with Crippen LogP contribution < -0.4 is 4.74 Å². The van der Waals surface area contributed by atoms with E-state index in [1.165, 1.54) is 22.5 Å². The molecule has 7 nitrogen and oxygen atoms in total. The van der Waals surface area contributed by atoms with Crippen molar-refractivity contribution in [2.24, 2.45) is 0 Å². The first kappa shape index (κ1) is 28.1. The van der Waals surface area contributed by atoms with Gasteiger partial charge < -0.3 is 14.6 Å². The molecule has 1 aromatic heterocycles. The van der Waals surface area contributed by atoms with Gasteiger partial charge in [-0.3, -0.25) is 9.80 Å². The van der Waals surface area contributed by atoms with Crippen molar-refractivity contribution in [3.05, 3.63) is 112 Å². The molecule has 5 rings (SSSR count). The van der Waals surface area contributed by atoms with Crippen LogP contribution >= 0.6 is 11.3 Å². The molecule has 208 valence electrons. The second-order valence-electron chi connectivity index (χ2n) is 9.86. The predicted molar refractivity (Wildman–Crippen MR) is 160 cm³/mol. The fourth-order valence-corrected chi connectivity index (χ4v) is 5.77. The van der Waals surface area contributed by atoms with Crippen LogP contribution in [0.15, 0.2) is 84.9 Å². The van der Waals surface area contributed by atoms with E-state index in [1.807, 2.05) is 36.4 Å². The number of hydrogen-bond acceptors (Lipinski definition) is 8. The van der Waals surface area contributed by atoms with E-state index in [2.05, 4.69) is 80.7 Å². The van der Waals surface area contributed by atoms with Crippen molar-refractivity contribution >= 4 is 23.5 Å². The average Bonchev–Trinajstić information content (AvgIpc) is 3.45. The number of aromatic nitrogens is 2. The fourth-order valence-electron chi connectivity index (χ4n) is 5.05. The Kier molecular flexibility index (Phi) is 10.1. The number of benzene rings is 3. The van der Waals surface area contributed by atoms with E-state index >= 15 is 0 Å². The van der Waals surface area contributed by atoms with Gasteiger partial charge in [0.05, 0.1) is 12.6 Å². The number of ether oxygens (including phenoxy) is 2. The maximum absolute atomic E-state index is 10.8. The molecule has 0 amide bonds. The molecule has 2 heterocycles. The SMILES string of the molecule is COCc1nnc(/C=C/c2ccccc2OCC(O)CN2CCN(C(c3ccccc3)c3ccccc3)CC2)s1. The number of nitrogens with zero attached hydrogens (tertiary/aromatic N) is 4. The molecule has 1 unspecified atom stereocenters. The molecular formula is C32H36N4O3S. The highest BCUT2D eigenvalue weighted by Crippen LogP contribution is 2.29. The standard InChI is InChI=1S/C32H36N4O3S/c1-38-24-31-34-33-30(40-31)17-16-25-10-8-9-15-29(25)39-23-28(37)22-35-18-20-36(21-19-35)32(26-11-4-2-5-12-26)27-13-6-3-7-14-27/h2-17,28,32,37H,18-24H2,1H3/b17-16+. The van der Waals surface area contributed by atoms with Gasteiger partial charge in [-0.1, -0.05) is 90.2 Å². The van der Waals surface area contributed by atoms with Gasteiger partial charge in [-0.25, -0.2) is 0 Å². The highest BCUT2D eigenvalue weighted by molar-refractivity contribution is 7.12. The van der Waals surface area contributed by atoms with E-state index in [9.17, 15) is 5.11 Å². The maximum Gasteiger partial charge on any atom is 0.143 e. The highest BCUT2D eigenvalue weighted by Gasteiger charge is 2.27. The lowest BCUT2D eigenvalue weighted by Crippen LogP contribution is -2.50. The second-order valence-corrected chi connectivity index (χ2v) is 11.0. The van der Waals surface area contributed by atoms with E-state index in [0.717, 1.165) is 47.5 Å². The summed E-state index contributed by atoms with van der Waals surface area (Å²) in [5.74, 6) is 0.734. The molecule has 0 spiro atoms. The summed E-state index contributed by atoms with van der Waals surface area (Å²) in [6.07, 6.45) is 3.31. The Morgan fingerprint density at radius 3 is 2.17 bits per heavy atom. The van der Waals surface area contributed by atoms with E-state index in [-0.39, 0.29) is 12.6 Å². The van der Waals surface area contributed by atoms with Crippen LogP contribution in [0.2, 0.25) is 0 Å². The van der Waals surface area contributed by atoms with Crippen LogP contribution in [0, 0.1) is 0 Å². The Morgan fingerprint density at radius 1 is 0.850 bits per heavy atom. The second kappa shape index (κ2) is 14.3. The number of piperazine rings is 1. The van der Waals surface area contributed by atoms with Crippen molar-refractivity contribution < 1.29 is 14.6 Å². The van der Waals surface area contributed by atoms with E-state index in [1.54, 1.807) is 7.11 Å². The van der Waals surface area contributed by atoms with Crippen LogP contribution in [0.1, 0.15) is 32.7 Å². The molecule has 1 N–H and O–H groups in total. The van der Waals surface area contributed by atoms with Gasteiger partial charge in [0.2, 0.25) is 0 Å². The number of β-amino-alcohol motifs (C(OH)–C–C–N with tert-alkyl or cyclic N) is 1. The lowest BCUT2D eigenvalue weighted by molar-refractivity contribution is 0.0400. The molecule has 4 aromatic rings. The van der Waals surface area contributed by atoms with Gasteiger partial charge >= 0.3 is 0 Å². The van der Waals surface area contributed by atoms with Crippen molar-refractivity contribution in [1.29, 1.82) is 0 Å². The van der Waals surface area contributed by atoms with Gasteiger partial charge in [0, 0.05) is 45.4 Å². The summed E-state index contributed by atoms with van der Waals surface area (Å²) in [5.41, 5.74) is 3.55. The van der Waals surface area contributed by atoms with Crippen molar-refractivity contribution in [2.45, 2.75) is 18.8 Å². The zero-order valence-corrected chi connectivity index (χ0v) is 23.6. The minimum absolute atomic E-state index is 0.231. The molecular weight excluding hydrogens is 520 g/mol. The number of rotatable bonds is 12. The molecule has 1 saturated heterocycles. The third kappa shape index (κ3) is 7.62. The zero-order valence-electron chi connectivity index (χ0n) is 22.8. The molecule has 8 heteroatoms. The predicted octanol–water partition coefficient (Wildman–Crippen LogP) is 5.00. The van der Waals surface area contributed by atoms with Crippen molar-refractivity contribution in [1.82, 2.24) is 20.0 Å². The van der Waals surface area contributed by atoms with E-state index in [4.69, 9.17) is 9.47 Å². The van der Waals surface area contributed by atoms with Gasteiger partial charge in [-0.05, 0) is 29.3 Å². The lowest BCUT2D eigenvalue weighted by Gasteiger charge is -2.40. The van der Waals surface area contributed by atoms with E-state index < -0.39 is 6.10 Å². The minimum Gasteiger partial charge on any atom is -0.490 e. The lowest BCUT2D eigenvalue weighted by atomic mass is 9.96. The molecule has 0 aliphatic carbocycles. The van der Waals surface area contributed by atoms with Crippen molar-refractivity contribution in [2.75, 3.05) is 46.4 Å². The number of methoxy groups -OCH3 is 1. The number of aliphatic hydroxyl groups excluding tert-OH is 1. The Balaban J connectivity index is 1.13. The molecule has 1 fully saturated rings. The quantitative estimate of drug-likeness (QED) is 0.263. The average molecular weight is 557 g/mol. The molecule has 1 atom stereocenters. The summed E-state index contributed by atoms with van der Waals surface area (Å²) < 4.78 is 11.2. The van der Waals surface area contributed by atoms with Crippen LogP contribution in [0.25, 0.3) is 12.2 Å². The van der Waals surface area contributed by atoms with Crippen molar-refractivity contribution in [3.8, 4) is 5.75 Å².